The van der Waals surface area contributed by atoms with Crippen molar-refractivity contribution in [1.82, 2.24) is 4.98 Å². The van der Waals surface area contributed by atoms with Crippen LogP contribution in [0.2, 0.25) is 0 Å². The van der Waals surface area contributed by atoms with Gasteiger partial charge in [0.25, 0.3) is 5.56 Å². The van der Waals surface area contributed by atoms with Crippen molar-refractivity contribution in [1.29, 1.82) is 5.26 Å². The Morgan fingerprint density at radius 2 is 1.87 bits per heavy atom. The lowest BCUT2D eigenvalue weighted by molar-refractivity contribution is 0.478. The van der Waals surface area contributed by atoms with Crippen molar-refractivity contribution in [2.45, 2.75) is 0 Å². The number of thiophene rings is 1. The Balaban J connectivity index is 2.16. The Morgan fingerprint density at radius 3 is 2.61 bits per heavy atom. The number of hydrogen-bond donors (Lipinski definition) is 2. The number of aromatic nitrogens is 1. The van der Waals surface area contributed by atoms with Crippen LogP contribution in [-0.2, 0) is 0 Å². The molecule has 23 heavy (non-hydrogen) atoms. The number of H-pyrrole nitrogens is 1. The maximum Gasteiger partial charge on any atom is 0.266 e. The van der Waals surface area contributed by atoms with Crippen LogP contribution in [0.25, 0.3) is 32.1 Å². The van der Waals surface area contributed by atoms with E-state index in [2.05, 4.69) is 11.1 Å². The highest BCUT2D eigenvalue weighted by molar-refractivity contribution is 7.17. The molecule has 0 saturated carbocycles. The van der Waals surface area contributed by atoms with E-state index in [-0.39, 0.29) is 11.3 Å². The highest BCUT2D eigenvalue weighted by atomic mass is 32.1. The van der Waals surface area contributed by atoms with Crippen LogP contribution in [-0.4, -0.2) is 10.1 Å². The Bertz CT molecular complexity index is 1150. The molecule has 0 fully saturated rings. The number of aromatic amines is 1. The van der Waals surface area contributed by atoms with E-state index in [1.165, 1.54) is 11.3 Å². The van der Waals surface area contributed by atoms with E-state index in [0.29, 0.717) is 21.3 Å². The van der Waals surface area contributed by atoms with Gasteiger partial charge in [-0.1, -0.05) is 12.1 Å². The number of phenols is 1. The van der Waals surface area contributed by atoms with Crippen molar-refractivity contribution in [3.63, 3.8) is 0 Å². The molecular formula is C18H10N2O2S. The molecule has 0 amide bonds. The third-order valence-electron chi connectivity index (χ3n) is 3.88. The van der Waals surface area contributed by atoms with Crippen LogP contribution < -0.4 is 5.56 Å². The standard InChI is InChI=1S/C18H10N2O2S/c19-9-10-1-3-11(4-2-10)15-14(21)6-5-13-16(15)12-7-8-23-17(12)18(22)20-13/h1-8,21H,(H,20,22). The number of rotatable bonds is 1. The van der Waals surface area contributed by atoms with Gasteiger partial charge in [0.1, 0.15) is 10.4 Å². The molecule has 0 spiro atoms. The molecule has 2 N–H and O–H groups in total. The zero-order chi connectivity index (χ0) is 16.0. The van der Waals surface area contributed by atoms with E-state index in [1.54, 1.807) is 36.4 Å². The van der Waals surface area contributed by atoms with Crippen LogP contribution in [0.15, 0.2) is 52.6 Å². The van der Waals surface area contributed by atoms with E-state index < -0.39 is 0 Å². The summed E-state index contributed by atoms with van der Waals surface area (Å²) in [4.78, 5) is 15.0. The molecular weight excluding hydrogens is 308 g/mol. The number of pyridine rings is 1. The fourth-order valence-corrected chi connectivity index (χ4v) is 3.64. The average molecular weight is 318 g/mol. The van der Waals surface area contributed by atoms with Crippen LogP contribution in [0, 0.1) is 11.3 Å². The smallest absolute Gasteiger partial charge is 0.266 e. The van der Waals surface area contributed by atoms with E-state index in [9.17, 15) is 9.90 Å². The molecule has 0 aliphatic heterocycles. The number of phenolic OH excluding ortho intramolecular Hbond substituents is 1. The zero-order valence-electron chi connectivity index (χ0n) is 11.8. The van der Waals surface area contributed by atoms with E-state index in [4.69, 9.17) is 5.26 Å². The van der Waals surface area contributed by atoms with E-state index in [1.807, 2.05) is 11.4 Å². The second-order valence-electron chi connectivity index (χ2n) is 5.19. The predicted octanol–water partition coefficient (Wildman–Crippen LogP) is 3.99. The lowest BCUT2D eigenvalue weighted by Crippen LogP contribution is -2.04. The van der Waals surface area contributed by atoms with Gasteiger partial charge >= 0.3 is 0 Å². The third kappa shape index (κ3) is 2.00. The van der Waals surface area contributed by atoms with Crippen LogP contribution in [0.1, 0.15) is 5.56 Å². The largest absolute Gasteiger partial charge is 0.507 e. The zero-order valence-corrected chi connectivity index (χ0v) is 12.6. The summed E-state index contributed by atoms with van der Waals surface area (Å²) in [5.74, 6) is 0.141. The van der Waals surface area contributed by atoms with Crippen molar-refractivity contribution in [3.05, 3.63) is 63.8 Å². The van der Waals surface area contributed by atoms with Gasteiger partial charge in [0, 0.05) is 21.9 Å². The molecule has 4 rings (SSSR count). The van der Waals surface area contributed by atoms with E-state index in [0.717, 1.165) is 16.3 Å². The van der Waals surface area contributed by atoms with E-state index >= 15 is 0 Å². The summed E-state index contributed by atoms with van der Waals surface area (Å²) >= 11 is 1.38. The minimum Gasteiger partial charge on any atom is -0.507 e. The first-order valence-corrected chi connectivity index (χ1v) is 7.82. The first kappa shape index (κ1) is 13.6. The molecule has 0 aliphatic carbocycles. The van der Waals surface area contributed by atoms with Gasteiger partial charge in [0.2, 0.25) is 0 Å². The lowest BCUT2D eigenvalue weighted by atomic mass is 9.97. The summed E-state index contributed by atoms with van der Waals surface area (Å²) in [6, 6.07) is 14.3. The topological polar surface area (TPSA) is 76.9 Å². The first-order valence-electron chi connectivity index (χ1n) is 6.95. The van der Waals surface area contributed by atoms with Crippen molar-refractivity contribution < 1.29 is 5.11 Å². The number of benzene rings is 2. The maximum atomic E-state index is 12.1. The second kappa shape index (κ2) is 4.97. The van der Waals surface area contributed by atoms with Crippen molar-refractivity contribution in [3.8, 4) is 22.9 Å². The van der Waals surface area contributed by atoms with Crippen LogP contribution >= 0.6 is 11.3 Å². The molecule has 0 unspecified atom stereocenters. The molecule has 0 saturated heterocycles. The Kier molecular flexibility index (Phi) is 2.93. The molecule has 0 radical (unpaired) electrons. The summed E-state index contributed by atoms with van der Waals surface area (Å²) in [7, 11) is 0. The Morgan fingerprint density at radius 1 is 1.09 bits per heavy atom. The van der Waals surface area contributed by atoms with Gasteiger partial charge in [-0.3, -0.25) is 4.79 Å². The third-order valence-corrected chi connectivity index (χ3v) is 4.79. The van der Waals surface area contributed by atoms with Gasteiger partial charge in [0.05, 0.1) is 11.6 Å². The number of nitrogens with one attached hydrogen (secondary N) is 1. The first-order chi connectivity index (χ1) is 11.2. The number of nitrogens with zero attached hydrogens (tertiary/aromatic N) is 1. The summed E-state index contributed by atoms with van der Waals surface area (Å²) in [6.07, 6.45) is 0. The molecule has 4 nitrogen and oxygen atoms in total. The highest BCUT2D eigenvalue weighted by Gasteiger charge is 2.15. The summed E-state index contributed by atoms with van der Waals surface area (Å²) < 4.78 is 0.637. The number of fused-ring (bicyclic) bond motifs is 3. The van der Waals surface area contributed by atoms with Crippen molar-refractivity contribution in [2.24, 2.45) is 0 Å². The Labute approximate surface area is 134 Å². The summed E-state index contributed by atoms with van der Waals surface area (Å²) in [5, 5.41) is 22.8. The van der Waals surface area contributed by atoms with Crippen molar-refractivity contribution >= 4 is 32.3 Å². The molecule has 0 atom stereocenters. The number of nitriles is 1. The predicted molar refractivity (Wildman–Crippen MR) is 91.8 cm³/mol. The summed E-state index contributed by atoms with van der Waals surface area (Å²) in [5.41, 5.74) is 2.57. The SMILES string of the molecule is N#Cc1ccc(-c2c(O)ccc3[nH]c(=O)c4sccc4c23)cc1. The van der Waals surface area contributed by atoms with Gasteiger partial charge in [-0.25, -0.2) is 0 Å². The molecule has 2 aromatic carbocycles. The molecule has 4 aromatic rings. The van der Waals surface area contributed by atoms with Crippen molar-refractivity contribution in [2.75, 3.05) is 0 Å². The minimum atomic E-state index is -0.126. The molecule has 0 bridgehead atoms. The maximum absolute atomic E-state index is 12.1. The molecule has 0 aliphatic rings. The molecule has 2 aromatic heterocycles. The number of hydrogen-bond acceptors (Lipinski definition) is 4. The van der Waals surface area contributed by atoms with Gasteiger partial charge in [-0.2, -0.15) is 5.26 Å². The quantitative estimate of drug-likeness (QED) is 0.557. The molecule has 2 heterocycles. The molecule has 5 heteroatoms. The number of aromatic hydroxyl groups is 1. The minimum absolute atomic E-state index is 0.126. The second-order valence-corrected chi connectivity index (χ2v) is 6.11. The van der Waals surface area contributed by atoms with Gasteiger partial charge in [0.15, 0.2) is 0 Å². The van der Waals surface area contributed by atoms with Gasteiger partial charge in [-0.15, -0.1) is 11.3 Å². The fraction of sp³-hybridized carbons (Fsp3) is 0. The van der Waals surface area contributed by atoms with Crippen LogP contribution in [0.5, 0.6) is 5.75 Å². The van der Waals surface area contributed by atoms with Crippen LogP contribution in [0.3, 0.4) is 0 Å². The summed E-state index contributed by atoms with van der Waals surface area (Å²) in [6.45, 7) is 0. The monoisotopic (exact) mass is 318 g/mol. The Hall–Kier alpha value is -3.10. The van der Waals surface area contributed by atoms with Gasteiger partial charge < -0.3 is 10.1 Å². The normalized spacial score (nSPS) is 10.9. The fourth-order valence-electron chi connectivity index (χ4n) is 2.84. The molecule has 110 valence electrons. The lowest BCUT2D eigenvalue weighted by Gasteiger charge is -2.10. The van der Waals surface area contributed by atoms with Crippen LogP contribution in [0.4, 0.5) is 0 Å². The highest BCUT2D eigenvalue weighted by Crippen LogP contribution is 2.39. The average Bonchev–Trinajstić information content (AvgIpc) is 3.06. The van der Waals surface area contributed by atoms with Gasteiger partial charge in [-0.05, 0) is 41.3 Å².